The standard InChI is InChI=1S/C20H14N2O3S/c23-20(11-10-19-21-16-8-4-5-9-18(16)26-19)24-13-15-12-17(25-22-15)14-6-2-1-3-7-14/h1-12H,13H2/b11-10+. The summed E-state index contributed by atoms with van der Waals surface area (Å²) in [6.07, 6.45) is 3.03. The molecule has 2 aromatic heterocycles. The number of carbonyl (C=O) groups is 1. The molecule has 0 amide bonds. The Morgan fingerprint density at radius 1 is 1.12 bits per heavy atom. The highest BCUT2D eigenvalue weighted by Crippen LogP contribution is 2.22. The number of benzene rings is 2. The lowest BCUT2D eigenvalue weighted by molar-refractivity contribution is -0.139. The molecule has 128 valence electrons. The van der Waals surface area contributed by atoms with Crippen LogP contribution in [0.25, 0.3) is 27.6 Å². The number of rotatable bonds is 5. The van der Waals surface area contributed by atoms with Crippen LogP contribution in [0.2, 0.25) is 0 Å². The zero-order valence-corrected chi connectivity index (χ0v) is 14.5. The summed E-state index contributed by atoms with van der Waals surface area (Å²) in [7, 11) is 0. The first kappa shape index (κ1) is 16.2. The van der Waals surface area contributed by atoms with Crippen LogP contribution in [0.5, 0.6) is 0 Å². The van der Waals surface area contributed by atoms with Gasteiger partial charge in [-0.2, -0.15) is 0 Å². The molecule has 0 unspecified atom stereocenters. The number of hydrogen-bond donors (Lipinski definition) is 0. The third-order valence-electron chi connectivity index (χ3n) is 3.65. The van der Waals surface area contributed by atoms with Crippen molar-refractivity contribution in [3.05, 3.63) is 77.4 Å². The van der Waals surface area contributed by atoms with E-state index in [1.165, 1.54) is 17.4 Å². The van der Waals surface area contributed by atoms with Crippen molar-refractivity contribution in [2.75, 3.05) is 0 Å². The lowest BCUT2D eigenvalue weighted by Crippen LogP contribution is -2.00. The van der Waals surface area contributed by atoms with Crippen LogP contribution < -0.4 is 0 Å². The van der Waals surface area contributed by atoms with Crippen molar-refractivity contribution in [1.82, 2.24) is 10.1 Å². The van der Waals surface area contributed by atoms with Gasteiger partial charge in [0, 0.05) is 17.7 Å². The minimum absolute atomic E-state index is 0.0549. The number of esters is 1. The van der Waals surface area contributed by atoms with E-state index in [1.807, 2.05) is 54.6 Å². The summed E-state index contributed by atoms with van der Waals surface area (Å²) in [5, 5.41) is 4.69. The Morgan fingerprint density at radius 2 is 1.92 bits per heavy atom. The number of nitrogens with zero attached hydrogens (tertiary/aromatic N) is 2. The van der Waals surface area contributed by atoms with Gasteiger partial charge in [-0.1, -0.05) is 47.6 Å². The fraction of sp³-hybridized carbons (Fsp3) is 0.0500. The summed E-state index contributed by atoms with van der Waals surface area (Å²) in [5.74, 6) is 0.190. The van der Waals surface area contributed by atoms with E-state index in [4.69, 9.17) is 9.26 Å². The van der Waals surface area contributed by atoms with Crippen molar-refractivity contribution in [3.8, 4) is 11.3 Å². The molecule has 0 bridgehead atoms. The zero-order chi connectivity index (χ0) is 17.8. The first-order valence-corrected chi connectivity index (χ1v) is 8.81. The Balaban J connectivity index is 1.36. The molecule has 0 saturated carbocycles. The summed E-state index contributed by atoms with van der Waals surface area (Å²) in [6.45, 7) is 0.0549. The quantitative estimate of drug-likeness (QED) is 0.380. The highest BCUT2D eigenvalue weighted by atomic mass is 32.1. The molecule has 0 aliphatic rings. The van der Waals surface area contributed by atoms with Crippen LogP contribution in [0.4, 0.5) is 0 Å². The number of thiazole rings is 1. The number of fused-ring (bicyclic) bond motifs is 1. The maximum absolute atomic E-state index is 11.9. The molecule has 0 radical (unpaired) electrons. The van der Waals surface area contributed by atoms with Crippen LogP contribution in [-0.4, -0.2) is 16.1 Å². The predicted molar refractivity (Wildman–Crippen MR) is 100 cm³/mol. The molecule has 4 rings (SSSR count). The van der Waals surface area contributed by atoms with Crippen molar-refractivity contribution < 1.29 is 14.1 Å². The van der Waals surface area contributed by atoms with Crippen molar-refractivity contribution in [3.63, 3.8) is 0 Å². The fourth-order valence-corrected chi connectivity index (χ4v) is 3.28. The maximum atomic E-state index is 11.9. The Morgan fingerprint density at radius 3 is 2.77 bits per heavy atom. The van der Waals surface area contributed by atoms with Crippen molar-refractivity contribution >= 4 is 33.6 Å². The summed E-state index contributed by atoms with van der Waals surface area (Å²) in [4.78, 5) is 16.3. The maximum Gasteiger partial charge on any atom is 0.331 e. The highest BCUT2D eigenvalue weighted by Gasteiger charge is 2.08. The van der Waals surface area contributed by atoms with Crippen LogP contribution >= 0.6 is 11.3 Å². The van der Waals surface area contributed by atoms with Crippen LogP contribution in [-0.2, 0) is 16.1 Å². The summed E-state index contributed by atoms with van der Waals surface area (Å²) in [6, 6.07) is 19.2. The van der Waals surface area contributed by atoms with E-state index in [0.717, 1.165) is 20.8 Å². The fourth-order valence-electron chi connectivity index (χ4n) is 2.41. The molecule has 0 atom stereocenters. The van der Waals surface area contributed by atoms with Crippen LogP contribution in [0, 0.1) is 0 Å². The molecular weight excluding hydrogens is 348 g/mol. The first-order valence-electron chi connectivity index (χ1n) is 7.99. The number of carbonyl (C=O) groups excluding carboxylic acids is 1. The molecule has 5 nitrogen and oxygen atoms in total. The molecule has 6 heteroatoms. The van der Waals surface area contributed by atoms with Gasteiger partial charge in [0.1, 0.15) is 17.3 Å². The molecule has 2 heterocycles. The van der Waals surface area contributed by atoms with E-state index in [0.29, 0.717) is 11.5 Å². The van der Waals surface area contributed by atoms with Gasteiger partial charge in [-0.3, -0.25) is 0 Å². The lowest BCUT2D eigenvalue weighted by atomic mass is 10.2. The zero-order valence-electron chi connectivity index (χ0n) is 13.7. The number of para-hydroxylation sites is 1. The molecule has 26 heavy (non-hydrogen) atoms. The van der Waals surface area contributed by atoms with Gasteiger partial charge in [-0.05, 0) is 18.2 Å². The third kappa shape index (κ3) is 3.70. The van der Waals surface area contributed by atoms with E-state index in [-0.39, 0.29) is 6.61 Å². The molecule has 0 saturated heterocycles. The molecule has 0 spiro atoms. The van der Waals surface area contributed by atoms with Gasteiger partial charge in [0.05, 0.1) is 10.2 Å². The second kappa shape index (κ2) is 7.33. The molecule has 2 aromatic carbocycles. The highest BCUT2D eigenvalue weighted by molar-refractivity contribution is 7.19. The first-order chi connectivity index (χ1) is 12.8. The molecular formula is C20H14N2O3S. The van der Waals surface area contributed by atoms with Gasteiger partial charge >= 0.3 is 5.97 Å². The van der Waals surface area contributed by atoms with Crippen molar-refractivity contribution in [1.29, 1.82) is 0 Å². The monoisotopic (exact) mass is 362 g/mol. The molecule has 4 aromatic rings. The van der Waals surface area contributed by atoms with Gasteiger partial charge in [-0.25, -0.2) is 9.78 Å². The van der Waals surface area contributed by atoms with E-state index in [9.17, 15) is 4.79 Å². The van der Waals surface area contributed by atoms with E-state index < -0.39 is 5.97 Å². The van der Waals surface area contributed by atoms with Gasteiger partial charge in [0.25, 0.3) is 0 Å². The lowest BCUT2D eigenvalue weighted by Gasteiger charge is -1.96. The van der Waals surface area contributed by atoms with Crippen LogP contribution in [0.1, 0.15) is 10.7 Å². The SMILES string of the molecule is O=C(/C=C/c1nc2ccccc2s1)OCc1cc(-c2ccccc2)on1. The molecule has 0 aliphatic carbocycles. The Kier molecular flexibility index (Phi) is 4.57. The van der Waals surface area contributed by atoms with Crippen molar-refractivity contribution in [2.24, 2.45) is 0 Å². The average molecular weight is 362 g/mol. The molecule has 0 N–H and O–H groups in total. The number of hydrogen-bond acceptors (Lipinski definition) is 6. The topological polar surface area (TPSA) is 65.2 Å². The Hall–Kier alpha value is -3.25. The Labute approximate surface area is 153 Å². The number of aromatic nitrogens is 2. The van der Waals surface area contributed by atoms with Gasteiger partial charge in [0.15, 0.2) is 5.76 Å². The minimum Gasteiger partial charge on any atom is -0.456 e. The minimum atomic E-state index is -0.450. The summed E-state index contributed by atoms with van der Waals surface area (Å²) in [5.41, 5.74) is 2.40. The normalized spacial score (nSPS) is 11.2. The summed E-state index contributed by atoms with van der Waals surface area (Å²) < 4.78 is 11.6. The third-order valence-corrected chi connectivity index (χ3v) is 4.65. The van der Waals surface area contributed by atoms with Gasteiger partial charge in [0.2, 0.25) is 0 Å². The van der Waals surface area contributed by atoms with E-state index in [1.54, 1.807) is 12.1 Å². The average Bonchev–Trinajstić information content (AvgIpc) is 3.32. The Bertz CT molecular complexity index is 1030. The van der Waals surface area contributed by atoms with Gasteiger partial charge < -0.3 is 9.26 Å². The van der Waals surface area contributed by atoms with E-state index in [2.05, 4.69) is 10.1 Å². The van der Waals surface area contributed by atoms with Crippen LogP contribution in [0.15, 0.2) is 71.3 Å². The molecule has 0 fully saturated rings. The largest absolute Gasteiger partial charge is 0.456 e. The van der Waals surface area contributed by atoms with Crippen molar-refractivity contribution in [2.45, 2.75) is 6.61 Å². The van der Waals surface area contributed by atoms with Gasteiger partial charge in [-0.15, -0.1) is 11.3 Å². The predicted octanol–water partition coefficient (Wildman–Crippen LogP) is 4.71. The van der Waals surface area contributed by atoms with Crippen LogP contribution in [0.3, 0.4) is 0 Å². The number of ether oxygens (including phenoxy) is 1. The summed E-state index contributed by atoms with van der Waals surface area (Å²) >= 11 is 1.52. The van der Waals surface area contributed by atoms with E-state index >= 15 is 0 Å². The second-order valence-electron chi connectivity index (χ2n) is 5.51. The smallest absolute Gasteiger partial charge is 0.331 e. The molecule has 0 aliphatic heterocycles. The second-order valence-corrected chi connectivity index (χ2v) is 6.57.